The summed E-state index contributed by atoms with van der Waals surface area (Å²) >= 11 is 0. The first kappa shape index (κ1) is 7.79. The minimum Gasteiger partial charge on any atom is -0.481 e. The van der Waals surface area contributed by atoms with Gasteiger partial charge in [-0.3, -0.25) is 4.79 Å². The molecule has 0 aromatic carbocycles. The number of carbonyl (C=O) groups is 1. The molecule has 0 aliphatic heterocycles. The van der Waals surface area contributed by atoms with Gasteiger partial charge in [-0.15, -0.1) is 0 Å². The van der Waals surface area contributed by atoms with Gasteiger partial charge < -0.3 is 9.51 Å². The Morgan fingerprint density at radius 1 is 1.62 bits per heavy atom. The van der Waals surface area contributed by atoms with Crippen LogP contribution in [0.2, 0.25) is 0 Å². The molecular formula is C9H8N2O2. The second-order valence-corrected chi connectivity index (χ2v) is 2.79. The molecule has 2 heterocycles. The normalized spacial score (nSPS) is 10.5. The van der Waals surface area contributed by atoms with Gasteiger partial charge in [-0.05, 0) is 11.6 Å². The van der Waals surface area contributed by atoms with Crippen molar-refractivity contribution in [2.24, 2.45) is 0 Å². The molecule has 13 heavy (non-hydrogen) atoms. The number of rotatable bonds is 2. The average Bonchev–Trinajstić information content (AvgIpc) is 2.51. The number of carboxylic acids is 1. The molecule has 0 radical (unpaired) electrons. The molecule has 0 amide bonds. The predicted octanol–water partition coefficient (Wildman–Crippen LogP) is 0.961. The van der Waals surface area contributed by atoms with Crippen molar-refractivity contribution in [2.75, 3.05) is 0 Å². The molecular weight excluding hydrogens is 168 g/mol. The quantitative estimate of drug-likeness (QED) is 0.741. The first-order valence-corrected chi connectivity index (χ1v) is 3.89. The second kappa shape index (κ2) is 2.90. The third-order valence-electron chi connectivity index (χ3n) is 1.88. The molecule has 0 aliphatic rings. The Labute approximate surface area is 74.5 Å². The summed E-state index contributed by atoms with van der Waals surface area (Å²) in [6.07, 6.45) is 5.20. The highest BCUT2D eigenvalue weighted by molar-refractivity contribution is 5.73. The lowest BCUT2D eigenvalue weighted by atomic mass is 10.2. The molecule has 2 aromatic rings. The highest BCUT2D eigenvalue weighted by Crippen LogP contribution is 2.10. The highest BCUT2D eigenvalue weighted by atomic mass is 16.4. The summed E-state index contributed by atoms with van der Waals surface area (Å²) < 4.78 is 1.80. The van der Waals surface area contributed by atoms with Crippen LogP contribution in [0.4, 0.5) is 0 Å². The Kier molecular flexibility index (Phi) is 1.73. The van der Waals surface area contributed by atoms with Crippen molar-refractivity contribution in [3.05, 3.63) is 36.4 Å². The Balaban J connectivity index is 2.54. The Hall–Kier alpha value is -1.84. The number of nitrogens with zero attached hydrogens (tertiary/aromatic N) is 2. The number of imidazole rings is 1. The average molecular weight is 176 g/mol. The lowest BCUT2D eigenvalue weighted by Crippen LogP contribution is -2.01. The van der Waals surface area contributed by atoms with E-state index in [2.05, 4.69) is 4.98 Å². The Bertz CT molecular complexity index is 448. The van der Waals surface area contributed by atoms with Gasteiger partial charge in [0.1, 0.15) is 0 Å². The van der Waals surface area contributed by atoms with Crippen LogP contribution in [-0.2, 0) is 11.2 Å². The van der Waals surface area contributed by atoms with Crippen LogP contribution in [0.15, 0.2) is 30.9 Å². The molecule has 0 unspecified atom stereocenters. The first-order chi connectivity index (χ1) is 6.27. The van der Waals surface area contributed by atoms with Crippen LogP contribution in [0.1, 0.15) is 5.56 Å². The van der Waals surface area contributed by atoms with Gasteiger partial charge in [-0.1, -0.05) is 6.07 Å². The summed E-state index contributed by atoms with van der Waals surface area (Å²) in [4.78, 5) is 14.4. The Morgan fingerprint density at radius 2 is 2.46 bits per heavy atom. The molecule has 0 spiro atoms. The van der Waals surface area contributed by atoms with Gasteiger partial charge in [0.15, 0.2) is 0 Å². The van der Waals surface area contributed by atoms with Crippen LogP contribution in [0, 0.1) is 0 Å². The lowest BCUT2D eigenvalue weighted by Gasteiger charge is -1.99. The number of fused-ring (bicyclic) bond motifs is 1. The van der Waals surface area contributed by atoms with Crippen molar-refractivity contribution < 1.29 is 9.90 Å². The van der Waals surface area contributed by atoms with Crippen molar-refractivity contribution in [3.8, 4) is 0 Å². The molecule has 1 N–H and O–H groups in total. The fourth-order valence-corrected chi connectivity index (χ4v) is 1.32. The molecule has 4 heteroatoms. The number of aliphatic carboxylic acids is 1. The van der Waals surface area contributed by atoms with Gasteiger partial charge in [0, 0.05) is 6.20 Å². The van der Waals surface area contributed by atoms with Gasteiger partial charge in [0.05, 0.1) is 24.5 Å². The van der Waals surface area contributed by atoms with Crippen molar-refractivity contribution in [2.45, 2.75) is 6.42 Å². The molecule has 0 atom stereocenters. The van der Waals surface area contributed by atoms with Crippen molar-refractivity contribution in [1.82, 2.24) is 9.38 Å². The summed E-state index contributed by atoms with van der Waals surface area (Å²) in [6, 6.07) is 3.61. The van der Waals surface area contributed by atoms with Crippen LogP contribution in [0.25, 0.3) is 5.52 Å². The molecule has 66 valence electrons. The zero-order valence-corrected chi connectivity index (χ0v) is 6.84. The second-order valence-electron chi connectivity index (χ2n) is 2.79. The summed E-state index contributed by atoms with van der Waals surface area (Å²) in [5.74, 6) is -0.825. The molecule has 0 saturated carbocycles. The maximum atomic E-state index is 10.5. The smallest absolute Gasteiger partial charge is 0.307 e. The summed E-state index contributed by atoms with van der Waals surface area (Å²) in [5.41, 5.74) is 1.64. The van der Waals surface area contributed by atoms with E-state index in [1.165, 1.54) is 0 Å². The van der Waals surface area contributed by atoms with Crippen LogP contribution in [0.3, 0.4) is 0 Å². The summed E-state index contributed by atoms with van der Waals surface area (Å²) in [6.45, 7) is 0. The summed E-state index contributed by atoms with van der Waals surface area (Å²) in [5, 5.41) is 8.63. The fraction of sp³-hybridized carbons (Fsp3) is 0.111. The largest absolute Gasteiger partial charge is 0.481 e. The number of carboxylic acid groups (broad SMARTS) is 1. The number of pyridine rings is 1. The molecule has 0 fully saturated rings. The third-order valence-corrected chi connectivity index (χ3v) is 1.88. The maximum Gasteiger partial charge on any atom is 0.307 e. The molecule has 0 aliphatic carbocycles. The van der Waals surface area contributed by atoms with E-state index in [4.69, 9.17) is 5.11 Å². The van der Waals surface area contributed by atoms with Crippen LogP contribution in [0.5, 0.6) is 0 Å². The van der Waals surface area contributed by atoms with E-state index in [0.29, 0.717) is 0 Å². The van der Waals surface area contributed by atoms with Gasteiger partial charge in [0.2, 0.25) is 0 Å². The van der Waals surface area contributed by atoms with E-state index in [1.54, 1.807) is 23.0 Å². The Morgan fingerprint density at radius 3 is 3.23 bits per heavy atom. The zero-order chi connectivity index (χ0) is 9.26. The topological polar surface area (TPSA) is 54.6 Å². The van der Waals surface area contributed by atoms with E-state index in [1.807, 2.05) is 12.3 Å². The minimum atomic E-state index is -0.825. The first-order valence-electron chi connectivity index (χ1n) is 3.89. The molecule has 4 nitrogen and oxygen atoms in total. The molecule has 2 rings (SSSR count). The number of aromatic nitrogens is 2. The highest BCUT2D eigenvalue weighted by Gasteiger charge is 2.04. The van der Waals surface area contributed by atoms with Crippen LogP contribution >= 0.6 is 0 Å². The van der Waals surface area contributed by atoms with E-state index in [9.17, 15) is 4.79 Å². The van der Waals surface area contributed by atoms with Crippen LogP contribution < -0.4 is 0 Å². The van der Waals surface area contributed by atoms with Crippen LogP contribution in [-0.4, -0.2) is 20.5 Å². The van der Waals surface area contributed by atoms with Crippen molar-refractivity contribution in [1.29, 1.82) is 0 Å². The summed E-state index contributed by atoms with van der Waals surface area (Å²) in [7, 11) is 0. The fourth-order valence-electron chi connectivity index (χ4n) is 1.32. The van der Waals surface area contributed by atoms with E-state index in [0.717, 1.165) is 11.1 Å². The van der Waals surface area contributed by atoms with Crippen molar-refractivity contribution in [3.63, 3.8) is 0 Å². The molecule has 0 bridgehead atoms. The third kappa shape index (κ3) is 1.38. The monoisotopic (exact) mass is 176 g/mol. The molecule has 2 aromatic heterocycles. The van der Waals surface area contributed by atoms with Gasteiger partial charge in [-0.2, -0.15) is 0 Å². The number of hydrogen-bond donors (Lipinski definition) is 1. The zero-order valence-electron chi connectivity index (χ0n) is 6.84. The maximum absolute atomic E-state index is 10.5. The number of hydrogen-bond acceptors (Lipinski definition) is 2. The van der Waals surface area contributed by atoms with Gasteiger partial charge >= 0.3 is 5.97 Å². The predicted molar refractivity (Wildman–Crippen MR) is 46.5 cm³/mol. The lowest BCUT2D eigenvalue weighted by molar-refractivity contribution is -0.136. The SMILES string of the molecule is O=C(O)Cc1cccn2cncc12. The molecule has 0 saturated heterocycles. The van der Waals surface area contributed by atoms with Gasteiger partial charge in [0.25, 0.3) is 0 Å². The standard InChI is InChI=1S/C9H8N2O2/c12-9(13)4-7-2-1-3-11-6-10-5-8(7)11/h1-3,5-6H,4H2,(H,12,13). The minimum absolute atomic E-state index is 0.0377. The van der Waals surface area contributed by atoms with E-state index in [-0.39, 0.29) is 6.42 Å². The van der Waals surface area contributed by atoms with Gasteiger partial charge in [-0.25, -0.2) is 4.98 Å². The van der Waals surface area contributed by atoms with E-state index >= 15 is 0 Å². The van der Waals surface area contributed by atoms with E-state index < -0.39 is 5.97 Å². The van der Waals surface area contributed by atoms with Crippen molar-refractivity contribution >= 4 is 11.5 Å².